The molecule has 0 saturated heterocycles. The number of benzene rings is 1. The summed E-state index contributed by atoms with van der Waals surface area (Å²) in [5, 5.41) is 8.82. The Labute approximate surface area is 103 Å². The third-order valence-electron chi connectivity index (χ3n) is 2.88. The summed E-state index contributed by atoms with van der Waals surface area (Å²) in [4.78, 5) is 8.37. The molecule has 0 saturated carbocycles. The molecule has 0 aliphatic rings. The van der Waals surface area contributed by atoms with E-state index in [1.807, 2.05) is 30.5 Å². The maximum Gasteiger partial charge on any atom is 0.147 e. The molecular formula is C12H12N6. The van der Waals surface area contributed by atoms with Gasteiger partial charge in [-0.05, 0) is 5.39 Å². The quantitative estimate of drug-likeness (QED) is 0.467. The normalized spacial score (nSPS) is 12.7. The number of hydrogen-bond acceptors (Lipinski definition) is 5. The molecular weight excluding hydrogens is 228 g/mol. The van der Waals surface area contributed by atoms with Crippen LogP contribution in [0.4, 0.5) is 0 Å². The molecule has 0 aliphatic carbocycles. The number of pyridine rings is 1. The van der Waals surface area contributed by atoms with E-state index in [-0.39, 0.29) is 6.04 Å². The van der Waals surface area contributed by atoms with Crippen LogP contribution < -0.4 is 11.3 Å². The van der Waals surface area contributed by atoms with Crippen molar-refractivity contribution in [3.8, 4) is 0 Å². The Morgan fingerprint density at radius 2 is 2.11 bits per heavy atom. The van der Waals surface area contributed by atoms with E-state index >= 15 is 0 Å². The average molecular weight is 240 g/mol. The number of H-pyrrole nitrogens is 1. The van der Waals surface area contributed by atoms with Gasteiger partial charge in [0.1, 0.15) is 18.2 Å². The predicted octanol–water partition coefficient (Wildman–Crippen LogP) is 0.906. The Bertz CT molecular complexity index is 643. The molecule has 90 valence electrons. The van der Waals surface area contributed by atoms with Gasteiger partial charge in [-0.25, -0.2) is 10.4 Å². The Morgan fingerprint density at radius 3 is 2.89 bits per heavy atom. The summed E-state index contributed by atoms with van der Waals surface area (Å²) in [6, 6.07) is 7.76. The van der Waals surface area contributed by atoms with E-state index < -0.39 is 0 Å². The van der Waals surface area contributed by atoms with Crippen molar-refractivity contribution in [2.45, 2.75) is 6.04 Å². The van der Waals surface area contributed by atoms with Crippen LogP contribution in [0, 0.1) is 0 Å². The molecule has 1 atom stereocenters. The lowest BCUT2D eigenvalue weighted by atomic mass is 10.0. The van der Waals surface area contributed by atoms with Gasteiger partial charge in [0, 0.05) is 23.3 Å². The van der Waals surface area contributed by atoms with E-state index in [0.717, 1.165) is 16.3 Å². The second-order valence-corrected chi connectivity index (χ2v) is 3.92. The number of hydrogen-bond donors (Lipinski definition) is 3. The fourth-order valence-electron chi connectivity index (χ4n) is 2.04. The van der Waals surface area contributed by atoms with Gasteiger partial charge in [0.15, 0.2) is 0 Å². The molecule has 0 radical (unpaired) electrons. The highest BCUT2D eigenvalue weighted by molar-refractivity contribution is 5.85. The van der Waals surface area contributed by atoms with Crippen LogP contribution in [-0.4, -0.2) is 20.2 Å². The van der Waals surface area contributed by atoms with Crippen molar-refractivity contribution in [2.75, 3.05) is 0 Å². The van der Waals surface area contributed by atoms with E-state index in [4.69, 9.17) is 5.84 Å². The summed E-state index contributed by atoms with van der Waals surface area (Å²) in [5.74, 6) is 6.28. The lowest BCUT2D eigenvalue weighted by Gasteiger charge is -2.15. The maximum atomic E-state index is 5.62. The first-order chi connectivity index (χ1) is 8.90. The number of nitrogens with two attached hydrogens (primary N) is 1. The molecule has 0 bridgehead atoms. The molecule has 4 N–H and O–H groups in total. The second kappa shape index (κ2) is 4.52. The second-order valence-electron chi connectivity index (χ2n) is 3.92. The Balaban J connectivity index is 2.18. The summed E-state index contributed by atoms with van der Waals surface area (Å²) in [6.45, 7) is 0. The lowest BCUT2D eigenvalue weighted by molar-refractivity contribution is 0.606. The molecule has 2 heterocycles. The average Bonchev–Trinajstić information content (AvgIpc) is 2.94. The molecule has 2 aromatic heterocycles. The minimum absolute atomic E-state index is 0.258. The molecule has 3 rings (SSSR count). The Kier molecular flexibility index (Phi) is 2.71. The molecule has 1 unspecified atom stereocenters. The van der Waals surface area contributed by atoms with Crippen molar-refractivity contribution in [2.24, 2.45) is 5.84 Å². The third kappa shape index (κ3) is 1.73. The number of aromatic nitrogens is 4. The fraction of sp³-hybridized carbons (Fsp3) is 0.0833. The van der Waals surface area contributed by atoms with Gasteiger partial charge in [-0.2, -0.15) is 5.10 Å². The highest BCUT2D eigenvalue weighted by Crippen LogP contribution is 2.25. The minimum atomic E-state index is -0.258. The number of aromatic amines is 1. The van der Waals surface area contributed by atoms with Crippen LogP contribution in [0.5, 0.6) is 0 Å². The van der Waals surface area contributed by atoms with Crippen LogP contribution in [0.15, 0.2) is 43.0 Å². The molecule has 6 heteroatoms. The van der Waals surface area contributed by atoms with E-state index in [2.05, 4.69) is 25.6 Å². The van der Waals surface area contributed by atoms with Gasteiger partial charge in [0.05, 0.1) is 0 Å². The first kappa shape index (κ1) is 10.8. The van der Waals surface area contributed by atoms with Crippen LogP contribution in [0.2, 0.25) is 0 Å². The monoisotopic (exact) mass is 240 g/mol. The van der Waals surface area contributed by atoms with Gasteiger partial charge >= 0.3 is 0 Å². The highest BCUT2D eigenvalue weighted by atomic mass is 15.3. The van der Waals surface area contributed by atoms with Crippen molar-refractivity contribution in [1.82, 2.24) is 25.6 Å². The van der Waals surface area contributed by atoms with Crippen LogP contribution in [-0.2, 0) is 0 Å². The number of nitrogens with one attached hydrogen (secondary N) is 2. The molecule has 0 fully saturated rings. The minimum Gasteiger partial charge on any atom is -0.270 e. The van der Waals surface area contributed by atoms with Gasteiger partial charge in [-0.1, -0.05) is 24.3 Å². The molecule has 3 aromatic rings. The first-order valence-corrected chi connectivity index (χ1v) is 5.54. The maximum absolute atomic E-state index is 5.62. The van der Waals surface area contributed by atoms with E-state index in [1.54, 1.807) is 6.20 Å². The van der Waals surface area contributed by atoms with Crippen LogP contribution >= 0.6 is 0 Å². The number of nitrogens with zero attached hydrogens (tertiary/aromatic N) is 3. The fourth-order valence-corrected chi connectivity index (χ4v) is 2.04. The highest BCUT2D eigenvalue weighted by Gasteiger charge is 2.17. The van der Waals surface area contributed by atoms with Crippen molar-refractivity contribution in [1.29, 1.82) is 0 Å². The zero-order chi connectivity index (χ0) is 12.4. The Morgan fingerprint density at radius 1 is 1.22 bits per heavy atom. The van der Waals surface area contributed by atoms with Gasteiger partial charge < -0.3 is 0 Å². The molecule has 18 heavy (non-hydrogen) atoms. The van der Waals surface area contributed by atoms with E-state index in [0.29, 0.717) is 5.82 Å². The topological polar surface area (TPSA) is 92.5 Å². The standard InChI is InChI=1S/C12H12N6/c13-17-11(12-15-7-16-18-12)10-6-14-5-8-3-1-2-4-9(8)10/h1-7,11,17H,13H2,(H,15,16,18). The van der Waals surface area contributed by atoms with E-state index in [1.165, 1.54) is 6.33 Å². The molecule has 1 aromatic carbocycles. The molecule has 0 spiro atoms. The smallest absolute Gasteiger partial charge is 0.147 e. The lowest BCUT2D eigenvalue weighted by Crippen LogP contribution is -2.30. The summed E-state index contributed by atoms with van der Waals surface area (Å²) >= 11 is 0. The largest absolute Gasteiger partial charge is 0.270 e. The van der Waals surface area contributed by atoms with E-state index in [9.17, 15) is 0 Å². The van der Waals surface area contributed by atoms with Gasteiger partial charge in [-0.3, -0.25) is 15.9 Å². The summed E-state index contributed by atoms with van der Waals surface area (Å²) < 4.78 is 0. The van der Waals surface area contributed by atoms with Gasteiger partial charge in [-0.15, -0.1) is 0 Å². The number of fused-ring (bicyclic) bond motifs is 1. The van der Waals surface area contributed by atoms with Crippen molar-refractivity contribution < 1.29 is 0 Å². The van der Waals surface area contributed by atoms with Crippen molar-refractivity contribution >= 4 is 10.8 Å². The summed E-state index contributed by atoms with van der Waals surface area (Å²) in [5.41, 5.74) is 3.70. The first-order valence-electron chi connectivity index (χ1n) is 5.54. The predicted molar refractivity (Wildman–Crippen MR) is 67.3 cm³/mol. The summed E-state index contributed by atoms with van der Waals surface area (Å²) in [7, 11) is 0. The molecule has 6 nitrogen and oxygen atoms in total. The zero-order valence-corrected chi connectivity index (χ0v) is 9.54. The van der Waals surface area contributed by atoms with Gasteiger partial charge in [0.2, 0.25) is 0 Å². The molecule has 0 amide bonds. The van der Waals surface area contributed by atoms with Crippen LogP contribution in [0.25, 0.3) is 10.8 Å². The van der Waals surface area contributed by atoms with Gasteiger partial charge in [0.25, 0.3) is 0 Å². The number of hydrazine groups is 1. The Hall–Kier alpha value is -2.31. The zero-order valence-electron chi connectivity index (χ0n) is 9.54. The van der Waals surface area contributed by atoms with Crippen LogP contribution in [0.3, 0.4) is 0 Å². The third-order valence-corrected chi connectivity index (χ3v) is 2.88. The summed E-state index contributed by atoms with van der Waals surface area (Å²) in [6.07, 6.45) is 5.07. The van der Waals surface area contributed by atoms with Crippen molar-refractivity contribution in [3.05, 3.63) is 54.4 Å². The number of rotatable bonds is 3. The molecule has 0 aliphatic heterocycles. The SMILES string of the molecule is NNC(c1ncn[nH]1)c1cncc2ccccc12. The van der Waals surface area contributed by atoms with Crippen molar-refractivity contribution in [3.63, 3.8) is 0 Å². The van der Waals surface area contributed by atoms with Crippen LogP contribution in [0.1, 0.15) is 17.4 Å².